The van der Waals surface area contributed by atoms with Crippen molar-refractivity contribution in [2.75, 3.05) is 49.5 Å². The highest BCUT2D eigenvalue weighted by Gasteiger charge is 2.26. The van der Waals surface area contributed by atoms with E-state index in [2.05, 4.69) is 46.4 Å². The highest BCUT2D eigenvalue weighted by molar-refractivity contribution is 5.96. The summed E-state index contributed by atoms with van der Waals surface area (Å²) in [4.78, 5) is 17.5. The molecule has 1 aromatic rings. The van der Waals surface area contributed by atoms with E-state index in [-0.39, 0.29) is 11.8 Å². The summed E-state index contributed by atoms with van der Waals surface area (Å²) in [5.74, 6) is 0.286. The first-order valence-electron chi connectivity index (χ1n) is 9.28. The Balaban J connectivity index is 1.67. The van der Waals surface area contributed by atoms with Gasteiger partial charge in [-0.15, -0.1) is 0 Å². The number of para-hydroxylation sites is 2. The van der Waals surface area contributed by atoms with E-state index >= 15 is 0 Å². The zero-order valence-electron chi connectivity index (χ0n) is 14.9. The number of anilines is 2. The second kappa shape index (κ2) is 7.99. The van der Waals surface area contributed by atoms with E-state index in [4.69, 9.17) is 0 Å². The van der Waals surface area contributed by atoms with Crippen LogP contribution in [0, 0.1) is 5.92 Å². The topological polar surface area (TPSA) is 47.6 Å². The van der Waals surface area contributed by atoms with E-state index < -0.39 is 0 Å². The number of carbonyl (C=O) groups excluding carboxylic acids is 1. The lowest BCUT2D eigenvalue weighted by Crippen LogP contribution is -2.46. The Bertz CT molecular complexity index is 554. The van der Waals surface area contributed by atoms with E-state index in [1.807, 2.05) is 12.1 Å². The number of hydrogen-bond donors (Lipinski definition) is 2. The van der Waals surface area contributed by atoms with Crippen molar-refractivity contribution in [3.05, 3.63) is 24.3 Å². The standard InChI is InChI=1S/C19H30N4O/c1-3-22-10-12-23(13-11-22)18-7-5-4-6-17(18)21-19(24)16-8-9-20-15(2)14-16/h4-7,15-16,20H,3,8-14H2,1-2H3,(H,21,24)/t15-,16-/m0/s1. The number of nitrogens with one attached hydrogen (secondary N) is 2. The number of piperidine rings is 1. The number of rotatable bonds is 4. The fraction of sp³-hybridized carbons (Fsp3) is 0.632. The van der Waals surface area contributed by atoms with Gasteiger partial charge in [-0.1, -0.05) is 19.1 Å². The molecule has 1 amide bonds. The first-order valence-corrected chi connectivity index (χ1v) is 9.28. The van der Waals surface area contributed by atoms with Gasteiger partial charge in [-0.05, 0) is 45.0 Å². The van der Waals surface area contributed by atoms with Crippen molar-refractivity contribution in [3.63, 3.8) is 0 Å². The van der Waals surface area contributed by atoms with Gasteiger partial charge in [-0.3, -0.25) is 4.79 Å². The normalized spacial score (nSPS) is 25.5. The van der Waals surface area contributed by atoms with Crippen molar-refractivity contribution >= 4 is 17.3 Å². The third-order valence-electron chi connectivity index (χ3n) is 5.32. The Morgan fingerprint density at radius 3 is 2.71 bits per heavy atom. The number of carbonyl (C=O) groups is 1. The molecule has 3 rings (SSSR count). The Morgan fingerprint density at radius 2 is 2.00 bits per heavy atom. The molecule has 5 nitrogen and oxygen atoms in total. The van der Waals surface area contributed by atoms with Crippen molar-refractivity contribution < 1.29 is 4.79 Å². The van der Waals surface area contributed by atoms with Crippen molar-refractivity contribution in [2.24, 2.45) is 5.92 Å². The molecule has 1 aromatic carbocycles. The highest BCUT2D eigenvalue weighted by atomic mass is 16.1. The minimum atomic E-state index is 0.117. The molecule has 0 spiro atoms. The van der Waals surface area contributed by atoms with E-state index in [1.165, 1.54) is 0 Å². The second-order valence-corrected chi connectivity index (χ2v) is 7.00. The lowest BCUT2D eigenvalue weighted by Gasteiger charge is -2.36. The van der Waals surface area contributed by atoms with Crippen LogP contribution in [0.25, 0.3) is 0 Å². The maximum absolute atomic E-state index is 12.7. The second-order valence-electron chi connectivity index (χ2n) is 7.00. The summed E-state index contributed by atoms with van der Waals surface area (Å²) < 4.78 is 0. The van der Waals surface area contributed by atoms with Gasteiger partial charge in [-0.25, -0.2) is 0 Å². The summed E-state index contributed by atoms with van der Waals surface area (Å²) in [6.45, 7) is 10.6. The van der Waals surface area contributed by atoms with Gasteiger partial charge in [0.15, 0.2) is 0 Å². The van der Waals surface area contributed by atoms with Crippen LogP contribution in [0.4, 0.5) is 11.4 Å². The van der Waals surface area contributed by atoms with Gasteiger partial charge >= 0.3 is 0 Å². The zero-order chi connectivity index (χ0) is 16.9. The van der Waals surface area contributed by atoms with Crippen molar-refractivity contribution in [2.45, 2.75) is 32.7 Å². The van der Waals surface area contributed by atoms with Gasteiger partial charge in [-0.2, -0.15) is 0 Å². The lowest BCUT2D eigenvalue weighted by molar-refractivity contribution is -0.120. The van der Waals surface area contributed by atoms with Crippen LogP contribution in [-0.2, 0) is 4.79 Å². The lowest BCUT2D eigenvalue weighted by atomic mass is 9.92. The molecule has 2 aliphatic rings. The SMILES string of the molecule is CCN1CCN(c2ccccc2NC(=O)[C@H]2CCN[C@@H](C)C2)CC1. The van der Waals surface area contributed by atoms with E-state index in [0.29, 0.717) is 6.04 Å². The van der Waals surface area contributed by atoms with Crippen LogP contribution in [0.15, 0.2) is 24.3 Å². The summed E-state index contributed by atoms with van der Waals surface area (Å²) in [6.07, 6.45) is 1.84. The molecule has 2 aliphatic heterocycles. The number of benzene rings is 1. The summed E-state index contributed by atoms with van der Waals surface area (Å²) in [7, 11) is 0. The predicted octanol–water partition coefficient (Wildman–Crippen LogP) is 2.16. The highest BCUT2D eigenvalue weighted by Crippen LogP contribution is 2.28. The maximum atomic E-state index is 12.7. The van der Waals surface area contributed by atoms with Crippen LogP contribution in [0.3, 0.4) is 0 Å². The minimum Gasteiger partial charge on any atom is -0.367 e. The summed E-state index contributed by atoms with van der Waals surface area (Å²) in [6, 6.07) is 8.65. The molecular formula is C19H30N4O. The van der Waals surface area contributed by atoms with E-state index in [0.717, 1.165) is 63.5 Å². The molecule has 24 heavy (non-hydrogen) atoms. The molecule has 2 N–H and O–H groups in total. The van der Waals surface area contributed by atoms with Crippen molar-refractivity contribution in [3.8, 4) is 0 Å². The van der Waals surface area contributed by atoms with Crippen LogP contribution < -0.4 is 15.5 Å². The predicted molar refractivity (Wildman–Crippen MR) is 99.6 cm³/mol. The smallest absolute Gasteiger partial charge is 0.227 e. The number of piperazine rings is 1. The van der Waals surface area contributed by atoms with Crippen molar-refractivity contribution in [1.82, 2.24) is 10.2 Å². The molecule has 0 aromatic heterocycles. The van der Waals surface area contributed by atoms with Crippen LogP contribution in [0.1, 0.15) is 26.7 Å². The first-order chi connectivity index (χ1) is 11.7. The molecule has 2 heterocycles. The molecular weight excluding hydrogens is 300 g/mol. The molecule has 132 valence electrons. The fourth-order valence-electron chi connectivity index (χ4n) is 3.76. The summed E-state index contributed by atoms with van der Waals surface area (Å²) in [5, 5.41) is 6.61. The van der Waals surface area contributed by atoms with E-state index in [9.17, 15) is 4.79 Å². The van der Waals surface area contributed by atoms with Gasteiger partial charge in [0, 0.05) is 38.1 Å². The number of amides is 1. The number of hydrogen-bond acceptors (Lipinski definition) is 4. The quantitative estimate of drug-likeness (QED) is 0.888. The third-order valence-corrected chi connectivity index (χ3v) is 5.32. The zero-order valence-corrected chi connectivity index (χ0v) is 14.9. The molecule has 0 aliphatic carbocycles. The van der Waals surface area contributed by atoms with Crippen LogP contribution in [0.2, 0.25) is 0 Å². The van der Waals surface area contributed by atoms with Crippen LogP contribution in [0.5, 0.6) is 0 Å². The maximum Gasteiger partial charge on any atom is 0.227 e. The van der Waals surface area contributed by atoms with Crippen LogP contribution in [-0.4, -0.2) is 56.1 Å². The first kappa shape index (κ1) is 17.2. The molecule has 5 heteroatoms. The molecule has 0 bridgehead atoms. The molecule has 2 fully saturated rings. The van der Waals surface area contributed by atoms with Gasteiger partial charge in [0.1, 0.15) is 0 Å². The van der Waals surface area contributed by atoms with Gasteiger partial charge < -0.3 is 20.4 Å². The molecule has 0 saturated carbocycles. The molecule has 2 saturated heterocycles. The van der Waals surface area contributed by atoms with Gasteiger partial charge in [0.2, 0.25) is 5.91 Å². The Labute approximate surface area is 145 Å². The van der Waals surface area contributed by atoms with Crippen LogP contribution >= 0.6 is 0 Å². The monoisotopic (exact) mass is 330 g/mol. The summed E-state index contributed by atoms with van der Waals surface area (Å²) >= 11 is 0. The molecule has 0 unspecified atom stereocenters. The molecule has 2 atom stereocenters. The van der Waals surface area contributed by atoms with Crippen molar-refractivity contribution in [1.29, 1.82) is 0 Å². The average molecular weight is 330 g/mol. The Morgan fingerprint density at radius 1 is 1.25 bits per heavy atom. The number of nitrogens with zero attached hydrogens (tertiary/aromatic N) is 2. The Hall–Kier alpha value is -1.59. The number of likely N-dealkylation sites (N-methyl/N-ethyl adjacent to an activating group) is 1. The average Bonchev–Trinajstić information content (AvgIpc) is 2.62. The fourth-order valence-corrected chi connectivity index (χ4v) is 3.76. The van der Waals surface area contributed by atoms with E-state index in [1.54, 1.807) is 0 Å². The molecule has 0 radical (unpaired) electrons. The summed E-state index contributed by atoms with van der Waals surface area (Å²) in [5.41, 5.74) is 2.11. The minimum absolute atomic E-state index is 0.117. The van der Waals surface area contributed by atoms with Gasteiger partial charge in [0.25, 0.3) is 0 Å². The van der Waals surface area contributed by atoms with Gasteiger partial charge in [0.05, 0.1) is 11.4 Å². The largest absolute Gasteiger partial charge is 0.367 e. The third kappa shape index (κ3) is 4.08. The Kier molecular flexibility index (Phi) is 5.74.